The summed E-state index contributed by atoms with van der Waals surface area (Å²) in [5.41, 5.74) is 6.47. The zero-order valence-corrected chi connectivity index (χ0v) is 11.4. The summed E-state index contributed by atoms with van der Waals surface area (Å²) < 4.78 is 5.93. The number of carbonyl (C=O) groups excluding carboxylic acids is 1. The van der Waals surface area contributed by atoms with Crippen molar-refractivity contribution in [1.82, 2.24) is 0 Å². The van der Waals surface area contributed by atoms with E-state index in [1.807, 2.05) is 0 Å². The fourth-order valence-electron chi connectivity index (χ4n) is 1.71. The van der Waals surface area contributed by atoms with Gasteiger partial charge in [-0.25, -0.2) is 4.79 Å². The highest BCUT2D eigenvalue weighted by Crippen LogP contribution is 2.48. The van der Waals surface area contributed by atoms with Gasteiger partial charge >= 0.3 is 5.97 Å². The second-order valence-electron chi connectivity index (χ2n) is 4.65. The largest absolute Gasteiger partial charge is 0.461 e. The van der Waals surface area contributed by atoms with E-state index in [-0.39, 0.29) is 5.41 Å². The molecular weight excluding hydrogens is 296 g/mol. The van der Waals surface area contributed by atoms with E-state index < -0.39 is 5.97 Å². The number of carbonyl (C=O) groups is 1. The van der Waals surface area contributed by atoms with Gasteiger partial charge in [0.1, 0.15) is 0 Å². The van der Waals surface area contributed by atoms with E-state index >= 15 is 0 Å². The number of hydrogen-bond donors (Lipinski definition) is 1. The summed E-state index contributed by atoms with van der Waals surface area (Å²) in [4.78, 5) is 11.9. The quantitative estimate of drug-likeness (QED) is 0.685. The first-order valence-electron chi connectivity index (χ1n) is 5.65. The molecule has 18 heavy (non-hydrogen) atoms. The Morgan fingerprint density at radius 2 is 2.28 bits per heavy atom. The van der Waals surface area contributed by atoms with Crippen LogP contribution in [0.4, 0.5) is 5.69 Å². The Hall–Kier alpha value is -1.54. The molecule has 1 fully saturated rings. The van der Waals surface area contributed by atoms with Crippen molar-refractivity contribution in [1.29, 1.82) is 5.26 Å². The third-order valence-corrected chi connectivity index (χ3v) is 3.82. The molecule has 1 aromatic rings. The van der Waals surface area contributed by atoms with Gasteiger partial charge in [0.15, 0.2) is 0 Å². The number of nitrogens with zero attached hydrogens (tertiary/aromatic N) is 1. The van der Waals surface area contributed by atoms with Crippen molar-refractivity contribution in [3.63, 3.8) is 0 Å². The molecule has 1 aliphatic carbocycles. The summed E-state index contributed by atoms with van der Waals surface area (Å²) in [6.07, 6.45) is 2.34. The number of ether oxygens (including phenoxy) is 1. The van der Waals surface area contributed by atoms with Gasteiger partial charge in [0.2, 0.25) is 0 Å². The maximum atomic E-state index is 11.9. The number of nitrogens with two attached hydrogens (primary N) is 1. The van der Waals surface area contributed by atoms with Gasteiger partial charge in [0.05, 0.1) is 18.2 Å². The van der Waals surface area contributed by atoms with Gasteiger partial charge in [-0.05, 0) is 47.0 Å². The Kier molecular flexibility index (Phi) is 3.58. The second-order valence-corrected chi connectivity index (χ2v) is 5.50. The molecule has 1 aromatic carbocycles. The van der Waals surface area contributed by atoms with Crippen LogP contribution in [0.15, 0.2) is 22.7 Å². The fourth-order valence-corrected chi connectivity index (χ4v) is 2.12. The zero-order valence-electron chi connectivity index (χ0n) is 9.78. The molecule has 5 heteroatoms. The smallest absolute Gasteiger partial charge is 0.339 e. The summed E-state index contributed by atoms with van der Waals surface area (Å²) in [6.45, 7) is 0.306. The molecule has 2 rings (SSSR count). The van der Waals surface area contributed by atoms with Crippen molar-refractivity contribution in [2.75, 3.05) is 12.3 Å². The molecule has 0 bridgehead atoms. The van der Waals surface area contributed by atoms with Crippen molar-refractivity contribution in [2.45, 2.75) is 19.3 Å². The number of anilines is 1. The van der Waals surface area contributed by atoms with Crippen molar-refractivity contribution >= 4 is 27.6 Å². The van der Waals surface area contributed by atoms with Crippen molar-refractivity contribution in [3.05, 3.63) is 28.2 Å². The van der Waals surface area contributed by atoms with E-state index in [1.165, 1.54) is 0 Å². The molecular formula is C13H13BrN2O2. The van der Waals surface area contributed by atoms with E-state index in [2.05, 4.69) is 22.0 Å². The average Bonchev–Trinajstić information content (AvgIpc) is 3.10. The number of nitriles is 1. The van der Waals surface area contributed by atoms with Crippen LogP contribution in [0, 0.1) is 16.7 Å². The highest BCUT2D eigenvalue weighted by Gasteiger charge is 2.43. The SMILES string of the molecule is N#CCC1(COC(=O)c2cc(N)ccc2Br)CC1. The summed E-state index contributed by atoms with van der Waals surface area (Å²) in [5.74, 6) is -0.404. The number of halogens is 1. The highest BCUT2D eigenvalue weighted by atomic mass is 79.9. The minimum atomic E-state index is -0.404. The van der Waals surface area contributed by atoms with Crippen LogP contribution >= 0.6 is 15.9 Å². The van der Waals surface area contributed by atoms with Crippen molar-refractivity contribution < 1.29 is 9.53 Å². The number of benzene rings is 1. The molecule has 0 aliphatic heterocycles. The van der Waals surface area contributed by atoms with Gasteiger partial charge in [0.25, 0.3) is 0 Å². The maximum absolute atomic E-state index is 11.9. The first kappa shape index (κ1) is 12.9. The van der Waals surface area contributed by atoms with E-state index in [0.29, 0.717) is 28.8 Å². The lowest BCUT2D eigenvalue weighted by Gasteiger charge is -2.12. The van der Waals surface area contributed by atoms with Crippen LogP contribution in [0.25, 0.3) is 0 Å². The van der Waals surface area contributed by atoms with Gasteiger partial charge in [-0.1, -0.05) is 0 Å². The van der Waals surface area contributed by atoms with E-state index in [0.717, 1.165) is 12.8 Å². The molecule has 0 saturated heterocycles. The first-order valence-corrected chi connectivity index (χ1v) is 6.45. The van der Waals surface area contributed by atoms with Gasteiger partial charge in [-0.2, -0.15) is 5.26 Å². The number of esters is 1. The number of hydrogen-bond acceptors (Lipinski definition) is 4. The Morgan fingerprint density at radius 3 is 2.89 bits per heavy atom. The van der Waals surface area contributed by atoms with Crippen LogP contribution in [0.2, 0.25) is 0 Å². The molecule has 0 unspecified atom stereocenters. The Morgan fingerprint density at radius 1 is 1.56 bits per heavy atom. The highest BCUT2D eigenvalue weighted by molar-refractivity contribution is 9.10. The van der Waals surface area contributed by atoms with Crippen LogP contribution in [0.3, 0.4) is 0 Å². The van der Waals surface area contributed by atoms with E-state index in [9.17, 15) is 4.79 Å². The van der Waals surface area contributed by atoms with Crippen LogP contribution in [-0.2, 0) is 4.74 Å². The fraction of sp³-hybridized carbons (Fsp3) is 0.385. The summed E-state index contributed by atoms with van der Waals surface area (Å²) in [6, 6.07) is 7.14. The molecule has 0 aromatic heterocycles. The van der Waals surface area contributed by atoms with Gasteiger partial charge in [-0.15, -0.1) is 0 Å². The van der Waals surface area contributed by atoms with Crippen LogP contribution in [-0.4, -0.2) is 12.6 Å². The van der Waals surface area contributed by atoms with Crippen molar-refractivity contribution in [3.8, 4) is 6.07 Å². The number of nitrogen functional groups attached to an aromatic ring is 1. The monoisotopic (exact) mass is 308 g/mol. The molecule has 2 N–H and O–H groups in total. The van der Waals surface area contributed by atoms with Crippen LogP contribution in [0.5, 0.6) is 0 Å². The second kappa shape index (κ2) is 4.99. The zero-order chi connectivity index (χ0) is 13.2. The summed E-state index contributed by atoms with van der Waals surface area (Å²) in [7, 11) is 0. The predicted molar refractivity (Wildman–Crippen MR) is 70.7 cm³/mol. The molecule has 0 heterocycles. The predicted octanol–water partition coefficient (Wildman–Crippen LogP) is 2.88. The molecule has 0 radical (unpaired) electrons. The lowest BCUT2D eigenvalue weighted by atomic mass is 10.1. The maximum Gasteiger partial charge on any atom is 0.339 e. The topological polar surface area (TPSA) is 76.1 Å². The van der Waals surface area contributed by atoms with Crippen LogP contribution < -0.4 is 5.73 Å². The van der Waals surface area contributed by atoms with Gasteiger partial charge in [0, 0.05) is 22.0 Å². The molecule has 1 saturated carbocycles. The minimum Gasteiger partial charge on any atom is -0.461 e. The summed E-state index contributed by atoms with van der Waals surface area (Å²) in [5, 5.41) is 8.69. The first-order chi connectivity index (χ1) is 8.56. The molecule has 0 spiro atoms. The molecule has 0 atom stereocenters. The lowest BCUT2D eigenvalue weighted by Crippen LogP contribution is -2.15. The third-order valence-electron chi connectivity index (χ3n) is 3.13. The van der Waals surface area contributed by atoms with Gasteiger partial charge < -0.3 is 10.5 Å². The third kappa shape index (κ3) is 2.82. The summed E-state index contributed by atoms with van der Waals surface area (Å²) >= 11 is 3.29. The average molecular weight is 309 g/mol. The molecule has 94 valence electrons. The normalized spacial score (nSPS) is 15.8. The molecule has 1 aliphatic rings. The Bertz CT molecular complexity index is 518. The number of rotatable bonds is 4. The lowest BCUT2D eigenvalue weighted by molar-refractivity contribution is 0.0418. The van der Waals surface area contributed by atoms with Crippen LogP contribution in [0.1, 0.15) is 29.6 Å². The van der Waals surface area contributed by atoms with Gasteiger partial charge in [-0.3, -0.25) is 0 Å². The van der Waals surface area contributed by atoms with E-state index in [1.54, 1.807) is 18.2 Å². The minimum absolute atomic E-state index is 0.1000. The Labute approximate surface area is 114 Å². The van der Waals surface area contributed by atoms with Crippen molar-refractivity contribution in [2.24, 2.45) is 5.41 Å². The molecule has 0 amide bonds. The standard InChI is InChI=1S/C13H13BrN2O2/c14-11-2-1-9(16)7-10(11)12(17)18-8-13(3-4-13)5-6-15/h1-2,7H,3-5,8,16H2. The molecule has 4 nitrogen and oxygen atoms in total. The Balaban J connectivity index is 2.00. The van der Waals surface area contributed by atoms with E-state index in [4.69, 9.17) is 15.7 Å².